The van der Waals surface area contributed by atoms with Gasteiger partial charge < -0.3 is 75.3 Å². The number of nitrogens with one attached hydrogen (secondary N) is 7. The Kier molecular flexibility index (Phi) is 23.7. The predicted molar refractivity (Wildman–Crippen MR) is 267 cm³/mol. The molecule has 2 aromatic rings. The van der Waals surface area contributed by atoms with Crippen molar-refractivity contribution in [3.05, 3.63) is 65.7 Å². The molecule has 398 valence electrons. The molecule has 2 heterocycles. The van der Waals surface area contributed by atoms with E-state index in [9.17, 15) is 57.8 Å². The van der Waals surface area contributed by atoms with Crippen molar-refractivity contribution in [2.45, 2.75) is 113 Å². The average Bonchev–Trinajstić information content (AvgIpc) is 3.85. The fourth-order valence-corrected chi connectivity index (χ4v) is 10.1. The van der Waals surface area contributed by atoms with Gasteiger partial charge in [0.15, 0.2) is 0 Å². The molecule has 2 aliphatic heterocycles. The van der Waals surface area contributed by atoms with Gasteiger partial charge in [-0.25, -0.2) is 0 Å². The standard InChI is InChI=1S/C46H64N12O13S2/c47-17-5-4-9-29(40(65)51-22-38(62)63)53-45(70)35-10-6-18-58(35)46(71)34-24-73-72-23-28(48)39(64)54-31(20-26-11-13-27(59)14-12-26)43(68)55-32(19-25-7-2-1-3-8-25)42(67)52-30(15-16-36(49)60)41(66)56-33(21-37(50)61)44(69)57-34/h1-3,7-8,11-14,28-35,59H,4-6,9-10,15-24,47-48H2,(H2,49,60)(H2,50,61)(H,51,65)(H,52,67)(H,53,70)(H,54,64)(H,55,68)(H,56,66)(H,57,69)(H,62,63)/t28-,29-,30-,31-,32-,33-,34-,35-/m0/s1. The predicted octanol–water partition coefficient (Wildman–Crippen LogP) is -3.73. The zero-order valence-electron chi connectivity index (χ0n) is 39.9. The molecule has 25 nitrogen and oxygen atoms in total. The second kappa shape index (κ2) is 29.5. The summed E-state index contributed by atoms with van der Waals surface area (Å²) in [5.41, 5.74) is 24.0. The van der Waals surface area contributed by atoms with Crippen LogP contribution in [0.1, 0.15) is 62.5 Å². The Morgan fingerprint density at radius 1 is 0.726 bits per heavy atom. The van der Waals surface area contributed by atoms with Crippen LogP contribution in [0.2, 0.25) is 0 Å². The summed E-state index contributed by atoms with van der Waals surface area (Å²) in [6, 6.07) is 2.94. The van der Waals surface area contributed by atoms with E-state index in [0.717, 1.165) is 21.6 Å². The van der Waals surface area contributed by atoms with Crippen molar-refractivity contribution < 1.29 is 63.0 Å². The van der Waals surface area contributed by atoms with Gasteiger partial charge in [-0.2, -0.15) is 0 Å². The molecule has 0 aliphatic carbocycles. The van der Waals surface area contributed by atoms with Crippen molar-refractivity contribution in [2.24, 2.45) is 22.9 Å². The van der Waals surface area contributed by atoms with Gasteiger partial charge in [0.05, 0.1) is 12.5 Å². The van der Waals surface area contributed by atoms with Gasteiger partial charge in [-0.3, -0.25) is 52.7 Å². The number of nitrogens with two attached hydrogens (primary N) is 4. The number of carbonyl (C=O) groups excluding carboxylic acids is 10. The number of aliphatic carboxylic acids is 1. The van der Waals surface area contributed by atoms with E-state index in [2.05, 4.69) is 37.2 Å². The lowest BCUT2D eigenvalue weighted by Crippen LogP contribution is -2.61. The quantitative estimate of drug-likeness (QED) is 0.0475. The summed E-state index contributed by atoms with van der Waals surface area (Å²) >= 11 is 0. The largest absolute Gasteiger partial charge is 0.508 e. The minimum atomic E-state index is -1.79. The maximum absolute atomic E-state index is 14.5. The summed E-state index contributed by atoms with van der Waals surface area (Å²) in [5.74, 6) is -10.7. The normalized spacial score (nSPS) is 23.0. The number of hydrogen-bond acceptors (Lipinski definition) is 16. The molecule has 8 atom stereocenters. The van der Waals surface area contributed by atoms with Gasteiger partial charge >= 0.3 is 5.97 Å². The number of carbonyl (C=O) groups is 11. The Balaban J connectivity index is 1.71. The number of nitrogens with zero attached hydrogens (tertiary/aromatic N) is 1. The molecule has 0 bridgehead atoms. The smallest absolute Gasteiger partial charge is 0.322 e. The summed E-state index contributed by atoms with van der Waals surface area (Å²) in [4.78, 5) is 149. The van der Waals surface area contributed by atoms with E-state index in [4.69, 9.17) is 28.0 Å². The second-order valence-electron chi connectivity index (χ2n) is 17.4. The maximum Gasteiger partial charge on any atom is 0.322 e. The number of hydrogen-bond donors (Lipinski definition) is 13. The fourth-order valence-electron chi connectivity index (χ4n) is 7.78. The first kappa shape index (κ1) is 58.6. The average molecular weight is 1060 g/mol. The third-order valence-electron chi connectivity index (χ3n) is 11.6. The Bertz CT molecular complexity index is 2300. The van der Waals surface area contributed by atoms with Crippen molar-refractivity contribution >= 4 is 86.6 Å². The number of unbranched alkanes of at least 4 members (excludes halogenated alkanes) is 1. The van der Waals surface area contributed by atoms with Gasteiger partial charge in [0.1, 0.15) is 54.6 Å². The van der Waals surface area contributed by atoms with Crippen LogP contribution in [-0.4, -0.2) is 160 Å². The summed E-state index contributed by atoms with van der Waals surface area (Å²) in [6.07, 6.45) is -0.547. The highest BCUT2D eigenvalue weighted by Crippen LogP contribution is 2.26. The molecule has 0 saturated carbocycles. The Morgan fingerprint density at radius 2 is 1.30 bits per heavy atom. The van der Waals surface area contributed by atoms with E-state index in [0.29, 0.717) is 30.4 Å². The Morgan fingerprint density at radius 3 is 1.92 bits per heavy atom. The first-order chi connectivity index (χ1) is 34.8. The Labute approximate surface area is 428 Å². The van der Waals surface area contributed by atoms with Gasteiger partial charge in [0.2, 0.25) is 59.1 Å². The third kappa shape index (κ3) is 19.5. The minimum Gasteiger partial charge on any atom is -0.508 e. The number of phenols is 1. The van der Waals surface area contributed by atoms with Crippen molar-refractivity contribution in [1.82, 2.24) is 42.1 Å². The van der Waals surface area contributed by atoms with Crippen molar-refractivity contribution in [3.63, 3.8) is 0 Å². The summed E-state index contributed by atoms with van der Waals surface area (Å²) in [7, 11) is 2.01. The van der Waals surface area contributed by atoms with E-state index in [1.54, 1.807) is 30.3 Å². The first-order valence-corrected chi connectivity index (χ1v) is 26.0. The van der Waals surface area contributed by atoms with Gasteiger partial charge in [-0.1, -0.05) is 64.1 Å². The highest BCUT2D eigenvalue weighted by molar-refractivity contribution is 8.76. The maximum atomic E-state index is 14.5. The molecule has 2 fully saturated rings. The number of carboxylic acid groups (broad SMARTS) is 1. The fraction of sp³-hybridized carbons (Fsp3) is 0.500. The molecule has 27 heteroatoms. The molecule has 17 N–H and O–H groups in total. The number of benzene rings is 2. The number of amides is 10. The first-order valence-electron chi connectivity index (χ1n) is 23.5. The van der Waals surface area contributed by atoms with Crippen LogP contribution in [-0.2, 0) is 65.6 Å². The zero-order chi connectivity index (χ0) is 53.6. The molecule has 0 radical (unpaired) electrons. The molecule has 10 amide bonds. The van der Waals surface area contributed by atoms with Crippen LogP contribution < -0.4 is 60.2 Å². The van der Waals surface area contributed by atoms with Crippen LogP contribution in [0.3, 0.4) is 0 Å². The highest BCUT2D eigenvalue weighted by atomic mass is 33.1. The molecule has 0 aromatic heterocycles. The van der Waals surface area contributed by atoms with Crippen LogP contribution in [0.4, 0.5) is 0 Å². The molecule has 4 rings (SSSR count). The summed E-state index contributed by atoms with van der Waals surface area (Å²) in [5, 5.41) is 36.6. The van der Waals surface area contributed by atoms with E-state index < -0.39 is 139 Å². The van der Waals surface area contributed by atoms with Gasteiger partial charge in [-0.05, 0) is 68.3 Å². The molecule has 2 aliphatic rings. The van der Waals surface area contributed by atoms with Crippen LogP contribution in [0.25, 0.3) is 0 Å². The second-order valence-corrected chi connectivity index (χ2v) is 19.9. The van der Waals surface area contributed by atoms with Crippen molar-refractivity contribution in [3.8, 4) is 5.75 Å². The van der Waals surface area contributed by atoms with E-state index in [1.807, 2.05) is 0 Å². The van der Waals surface area contributed by atoms with Gasteiger partial charge in [0, 0.05) is 37.3 Å². The Hall–Kier alpha value is -6.97. The monoisotopic (exact) mass is 1060 g/mol. The lowest BCUT2D eigenvalue weighted by Gasteiger charge is -2.31. The minimum absolute atomic E-state index is 0.0159. The number of rotatable bonds is 19. The van der Waals surface area contributed by atoms with Gasteiger partial charge in [0.25, 0.3) is 0 Å². The molecule has 73 heavy (non-hydrogen) atoms. The lowest BCUT2D eigenvalue weighted by molar-refractivity contribution is -0.142. The molecule has 0 unspecified atom stereocenters. The van der Waals surface area contributed by atoms with E-state index in [1.165, 1.54) is 29.2 Å². The molecule has 0 spiro atoms. The lowest BCUT2D eigenvalue weighted by atomic mass is 10.0. The number of aromatic hydroxyl groups is 1. The zero-order valence-corrected chi connectivity index (χ0v) is 41.5. The summed E-state index contributed by atoms with van der Waals surface area (Å²) < 4.78 is 0. The number of carboxylic acids is 1. The van der Waals surface area contributed by atoms with E-state index in [-0.39, 0.29) is 56.0 Å². The van der Waals surface area contributed by atoms with Crippen LogP contribution in [0.15, 0.2) is 54.6 Å². The topological polar surface area (TPSA) is 420 Å². The number of likely N-dealkylation sites (tertiary alicyclic amines) is 1. The molecule has 2 saturated heterocycles. The van der Waals surface area contributed by atoms with E-state index >= 15 is 0 Å². The number of phenolic OH excluding ortho intramolecular Hbond substituents is 1. The molecular weight excluding hydrogens is 993 g/mol. The summed E-state index contributed by atoms with van der Waals surface area (Å²) in [6.45, 7) is -0.406. The van der Waals surface area contributed by atoms with Crippen LogP contribution in [0.5, 0.6) is 5.75 Å². The van der Waals surface area contributed by atoms with Crippen molar-refractivity contribution in [1.29, 1.82) is 0 Å². The van der Waals surface area contributed by atoms with Crippen LogP contribution >= 0.6 is 21.6 Å². The molecule has 2 aromatic carbocycles. The van der Waals surface area contributed by atoms with Gasteiger partial charge in [-0.15, -0.1) is 0 Å². The molecular formula is C46H64N12O13S2. The number of primary amides is 2. The van der Waals surface area contributed by atoms with Crippen LogP contribution in [0, 0.1) is 0 Å². The van der Waals surface area contributed by atoms with Crippen molar-refractivity contribution in [2.75, 3.05) is 31.1 Å². The highest BCUT2D eigenvalue weighted by Gasteiger charge is 2.40. The third-order valence-corrected chi connectivity index (χ3v) is 14.1. The SMILES string of the molecule is NCCCC[C@H](NC(=O)[C@@H]1CCCN1C(=O)[C@@H]1CSSC[C@H](N)C(=O)N[C@@H](Cc2ccc(O)cc2)C(=O)N[C@@H](Cc2ccccc2)C(=O)N[C@@H](CCC(N)=O)C(=O)N[C@@H](CC(N)=O)C(=O)N1)C(=O)NCC(=O)O.